The summed E-state index contributed by atoms with van der Waals surface area (Å²) in [6.45, 7) is 4.24. The minimum absolute atomic E-state index is 0.0677. The Morgan fingerprint density at radius 2 is 2.00 bits per heavy atom. The molecule has 28 heavy (non-hydrogen) atoms. The quantitative estimate of drug-likeness (QED) is 0.607. The summed E-state index contributed by atoms with van der Waals surface area (Å²) >= 11 is 7.07. The van der Waals surface area contributed by atoms with Crippen LogP contribution in [0, 0.1) is 5.41 Å². The van der Waals surface area contributed by atoms with Gasteiger partial charge < -0.3 is 10.5 Å². The van der Waals surface area contributed by atoms with Gasteiger partial charge in [-0.3, -0.25) is 4.79 Å². The average molecular weight is 415 g/mol. The molecule has 0 radical (unpaired) electrons. The molecule has 144 valence electrons. The van der Waals surface area contributed by atoms with E-state index in [0.717, 1.165) is 17.7 Å². The Kier molecular flexibility index (Phi) is 4.63. The van der Waals surface area contributed by atoms with Crippen LogP contribution < -0.4 is 5.73 Å². The zero-order valence-electron chi connectivity index (χ0n) is 15.5. The van der Waals surface area contributed by atoms with Gasteiger partial charge in [0.2, 0.25) is 0 Å². The minimum Gasteiger partial charge on any atom is -0.457 e. The van der Waals surface area contributed by atoms with Gasteiger partial charge in [-0.1, -0.05) is 37.6 Å². The smallest absolute Gasteiger partial charge is 0.350 e. The number of esters is 1. The molecule has 0 fully saturated rings. The standard InChI is InChI=1S/C21H19ClN2O3S/c1-21(2)8-15-13(16(25)9-21)7-14-17(23)18(28-19(14)24-15)20(26)27-10-11-3-5-12(22)6-4-11/h3-7H,8-10,23H2,1-2H3. The zero-order valence-corrected chi connectivity index (χ0v) is 17.1. The van der Waals surface area contributed by atoms with Crippen molar-refractivity contribution in [3.8, 4) is 0 Å². The molecule has 1 aromatic carbocycles. The number of halogens is 1. The first-order valence-corrected chi connectivity index (χ1v) is 10.1. The summed E-state index contributed by atoms with van der Waals surface area (Å²) in [6, 6.07) is 8.85. The number of benzene rings is 1. The molecule has 0 bridgehead atoms. The first-order chi connectivity index (χ1) is 13.2. The summed E-state index contributed by atoms with van der Waals surface area (Å²) in [5.41, 5.74) is 8.61. The molecule has 1 aliphatic rings. The second kappa shape index (κ2) is 6.87. The van der Waals surface area contributed by atoms with Gasteiger partial charge in [0.15, 0.2) is 5.78 Å². The zero-order chi connectivity index (χ0) is 20.1. The van der Waals surface area contributed by atoms with Gasteiger partial charge in [0.25, 0.3) is 0 Å². The molecule has 5 nitrogen and oxygen atoms in total. The number of ketones is 1. The summed E-state index contributed by atoms with van der Waals surface area (Å²) in [4.78, 5) is 30.7. The van der Waals surface area contributed by atoms with E-state index in [4.69, 9.17) is 22.1 Å². The average Bonchev–Trinajstić information content (AvgIpc) is 2.95. The number of aromatic nitrogens is 1. The summed E-state index contributed by atoms with van der Waals surface area (Å²) in [6.07, 6.45) is 1.20. The van der Waals surface area contributed by atoms with Gasteiger partial charge in [0, 0.05) is 22.4 Å². The highest BCUT2D eigenvalue weighted by atomic mass is 35.5. The lowest BCUT2D eigenvalue weighted by molar-refractivity contribution is 0.0479. The largest absolute Gasteiger partial charge is 0.457 e. The van der Waals surface area contributed by atoms with Crippen molar-refractivity contribution in [2.24, 2.45) is 5.41 Å². The van der Waals surface area contributed by atoms with Crippen LogP contribution in [0.1, 0.15) is 51.6 Å². The lowest BCUT2D eigenvalue weighted by Crippen LogP contribution is -2.27. The molecule has 0 unspecified atom stereocenters. The molecule has 7 heteroatoms. The highest BCUT2D eigenvalue weighted by Gasteiger charge is 2.33. The Balaban J connectivity index is 1.63. The predicted molar refractivity (Wildman–Crippen MR) is 111 cm³/mol. The summed E-state index contributed by atoms with van der Waals surface area (Å²) in [5.74, 6) is -0.432. The van der Waals surface area contributed by atoms with Crippen LogP contribution in [0.4, 0.5) is 5.69 Å². The Morgan fingerprint density at radius 3 is 2.71 bits per heavy atom. The number of anilines is 1. The number of nitrogen functional groups attached to an aromatic ring is 1. The fraction of sp³-hybridized carbons (Fsp3) is 0.286. The number of Topliss-reactive ketones (excluding diaryl/α,β-unsaturated/α-hetero) is 1. The SMILES string of the molecule is CC1(C)CC(=O)c2cc3c(N)c(C(=O)OCc4ccc(Cl)cc4)sc3nc2C1. The van der Waals surface area contributed by atoms with E-state index in [0.29, 0.717) is 37.8 Å². The summed E-state index contributed by atoms with van der Waals surface area (Å²) < 4.78 is 5.40. The monoisotopic (exact) mass is 414 g/mol. The Morgan fingerprint density at radius 1 is 1.29 bits per heavy atom. The number of fused-ring (bicyclic) bond motifs is 2. The number of carbonyl (C=O) groups excluding carboxylic acids is 2. The first kappa shape index (κ1) is 18.9. The number of pyridine rings is 1. The Hall–Kier alpha value is -2.44. The van der Waals surface area contributed by atoms with Gasteiger partial charge >= 0.3 is 5.97 Å². The lowest BCUT2D eigenvalue weighted by atomic mass is 9.75. The third-order valence-corrected chi connectivity index (χ3v) is 6.20. The lowest BCUT2D eigenvalue weighted by Gasteiger charge is -2.29. The maximum atomic E-state index is 12.6. The second-order valence-electron chi connectivity index (χ2n) is 7.82. The van der Waals surface area contributed by atoms with Crippen molar-refractivity contribution >= 4 is 50.6 Å². The number of hydrogen-bond acceptors (Lipinski definition) is 6. The third-order valence-electron chi connectivity index (χ3n) is 4.85. The topological polar surface area (TPSA) is 82.3 Å². The van der Waals surface area contributed by atoms with Crippen molar-refractivity contribution in [3.05, 3.63) is 57.1 Å². The molecule has 0 spiro atoms. The van der Waals surface area contributed by atoms with Crippen LogP contribution in [-0.2, 0) is 17.8 Å². The molecule has 4 rings (SSSR count). The van der Waals surface area contributed by atoms with E-state index in [2.05, 4.69) is 18.8 Å². The fourth-order valence-electron chi connectivity index (χ4n) is 3.45. The van der Waals surface area contributed by atoms with Crippen molar-refractivity contribution in [2.45, 2.75) is 33.3 Å². The second-order valence-corrected chi connectivity index (χ2v) is 9.26. The number of hydrogen-bond donors (Lipinski definition) is 1. The highest BCUT2D eigenvalue weighted by Crippen LogP contribution is 2.39. The molecule has 0 saturated heterocycles. The number of ether oxygens (including phenoxy) is 1. The van der Waals surface area contributed by atoms with Gasteiger partial charge in [0.1, 0.15) is 16.3 Å². The van der Waals surface area contributed by atoms with Gasteiger partial charge in [0.05, 0.1) is 11.4 Å². The van der Waals surface area contributed by atoms with Crippen molar-refractivity contribution < 1.29 is 14.3 Å². The van der Waals surface area contributed by atoms with Crippen molar-refractivity contribution in [1.29, 1.82) is 0 Å². The fourth-order valence-corrected chi connectivity index (χ4v) is 4.56. The van der Waals surface area contributed by atoms with E-state index in [1.807, 2.05) is 0 Å². The molecule has 2 aromatic heterocycles. The van der Waals surface area contributed by atoms with Crippen LogP contribution in [0.3, 0.4) is 0 Å². The number of nitrogens with two attached hydrogens (primary N) is 1. The number of nitrogens with zero attached hydrogens (tertiary/aromatic N) is 1. The van der Waals surface area contributed by atoms with Gasteiger partial charge in [-0.15, -0.1) is 11.3 Å². The molecule has 1 aliphatic carbocycles. The van der Waals surface area contributed by atoms with Crippen molar-refractivity contribution in [2.75, 3.05) is 5.73 Å². The number of carbonyl (C=O) groups is 2. The van der Waals surface area contributed by atoms with Crippen LogP contribution >= 0.6 is 22.9 Å². The summed E-state index contributed by atoms with van der Waals surface area (Å²) in [7, 11) is 0. The van der Waals surface area contributed by atoms with Crippen LogP contribution in [0.15, 0.2) is 30.3 Å². The summed E-state index contributed by atoms with van der Waals surface area (Å²) in [5, 5.41) is 1.26. The van der Waals surface area contributed by atoms with E-state index in [-0.39, 0.29) is 17.8 Å². The molecular weight excluding hydrogens is 396 g/mol. The minimum atomic E-state index is -0.500. The number of thiophene rings is 1. The first-order valence-electron chi connectivity index (χ1n) is 8.90. The van der Waals surface area contributed by atoms with Crippen LogP contribution in [-0.4, -0.2) is 16.7 Å². The van der Waals surface area contributed by atoms with Crippen LogP contribution in [0.2, 0.25) is 5.02 Å². The Labute approximate surface area is 171 Å². The van der Waals surface area contributed by atoms with Crippen LogP contribution in [0.5, 0.6) is 0 Å². The van der Waals surface area contributed by atoms with E-state index >= 15 is 0 Å². The molecule has 2 heterocycles. The maximum absolute atomic E-state index is 12.6. The third kappa shape index (κ3) is 3.50. The van der Waals surface area contributed by atoms with Gasteiger partial charge in [-0.05, 0) is 35.6 Å². The van der Waals surface area contributed by atoms with Crippen molar-refractivity contribution in [3.63, 3.8) is 0 Å². The normalized spacial score (nSPS) is 15.5. The number of rotatable bonds is 3. The van der Waals surface area contributed by atoms with Crippen LogP contribution in [0.25, 0.3) is 10.2 Å². The van der Waals surface area contributed by atoms with E-state index in [1.54, 1.807) is 30.3 Å². The molecule has 0 saturated carbocycles. The maximum Gasteiger partial charge on any atom is 0.350 e. The molecule has 0 aliphatic heterocycles. The molecule has 0 amide bonds. The molecule has 2 N–H and O–H groups in total. The molecule has 3 aromatic rings. The van der Waals surface area contributed by atoms with Gasteiger partial charge in [-0.2, -0.15) is 0 Å². The highest BCUT2D eigenvalue weighted by molar-refractivity contribution is 7.21. The molecular formula is C21H19ClN2O3S. The molecule has 0 atom stereocenters. The Bertz CT molecular complexity index is 1100. The van der Waals surface area contributed by atoms with E-state index in [1.165, 1.54) is 11.3 Å². The van der Waals surface area contributed by atoms with Crippen molar-refractivity contribution in [1.82, 2.24) is 4.98 Å². The van der Waals surface area contributed by atoms with Gasteiger partial charge in [-0.25, -0.2) is 9.78 Å². The van der Waals surface area contributed by atoms with E-state index < -0.39 is 5.97 Å². The predicted octanol–water partition coefficient (Wildman–Crippen LogP) is 5.04. The van der Waals surface area contributed by atoms with E-state index in [9.17, 15) is 9.59 Å².